The van der Waals surface area contributed by atoms with Gasteiger partial charge < -0.3 is 5.11 Å². The van der Waals surface area contributed by atoms with Gasteiger partial charge in [-0.25, -0.2) is 0 Å². The van der Waals surface area contributed by atoms with Crippen molar-refractivity contribution in [1.29, 1.82) is 0 Å². The van der Waals surface area contributed by atoms with Crippen LogP contribution in [0.3, 0.4) is 0 Å². The van der Waals surface area contributed by atoms with Gasteiger partial charge in [0.15, 0.2) is 0 Å². The third-order valence-corrected chi connectivity index (χ3v) is 4.48. The molecule has 1 N–H and O–H groups in total. The minimum absolute atomic E-state index is 0.656. The van der Waals surface area contributed by atoms with Gasteiger partial charge in [0.2, 0.25) is 0 Å². The van der Waals surface area contributed by atoms with E-state index in [1.54, 1.807) is 6.08 Å². The summed E-state index contributed by atoms with van der Waals surface area (Å²) in [5, 5.41) is 9.80. The molecule has 0 aliphatic heterocycles. The molecular weight excluding hydrogens is 256 g/mol. The Morgan fingerprint density at radius 2 is 1.05 bits per heavy atom. The lowest BCUT2D eigenvalue weighted by atomic mass is 9.97. The predicted octanol–water partition coefficient (Wildman–Crippen LogP) is 6.79. The van der Waals surface area contributed by atoms with Crippen LogP contribution in [0.25, 0.3) is 0 Å². The van der Waals surface area contributed by atoms with E-state index in [0.717, 1.165) is 12.8 Å². The lowest BCUT2D eigenvalue weighted by Crippen LogP contribution is -2.19. The van der Waals surface area contributed by atoms with Crippen molar-refractivity contribution in [2.75, 3.05) is 0 Å². The first-order valence-electron chi connectivity index (χ1n) is 9.48. The van der Waals surface area contributed by atoms with Crippen LogP contribution in [0.2, 0.25) is 0 Å². The minimum Gasteiger partial charge on any atom is -0.386 e. The van der Waals surface area contributed by atoms with Crippen LogP contribution >= 0.6 is 0 Å². The fourth-order valence-electron chi connectivity index (χ4n) is 2.78. The second-order valence-corrected chi connectivity index (χ2v) is 6.91. The van der Waals surface area contributed by atoms with Crippen LogP contribution in [0.4, 0.5) is 0 Å². The summed E-state index contributed by atoms with van der Waals surface area (Å²) in [6.45, 7) is 7.80. The largest absolute Gasteiger partial charge is 0.386 e. The number of rotatable bonds is 16. The second-order valence-electron chi connectivity index (χ2n) is 6.91. The van der Waals surface area contributed by atoms with Crippen molar-refractivity contribution in [1.82, 2.24) is 0 Å². The molecule has 1 atom stereocenters. The molecule has 0 rings (SSSR count). The van der Waals surface area contributed by atoms with Crippen molar-refractivity contribution >= 4 is 0 Å². The third kappa shape index (κ3) is 15.9. The highest BCUT2D eigenvalue weighted by Crippen LogP contribution is 2.17. The molecule has 0 heterocycles. The van der Waals surface area contributed by atoms with E-state index in [2.05, 4.69) is 13.5 Å². The molecule has 0 aromatic carbocycles. The summed E-state index contributed by atoms with van der Waals surface area (Å²) in [6.07, 6.45) is 21.8. The Morgan fingerprint density at radius 1 is 0.714 bits per heavy atom. The summed E-state index contributed by atoms with van der Waals surface area (Å²) < 4.78 is 0. The van der Waals surface area contributed by atoms with Gasteiger partial charge in [-0.05, 0) is 13.3 Å². The van der Waals surface area contributed by atoms with Crippen LogP contribution in [-0.2, 0) is 0 Å². The van der Waals surface area contributed by atoms with E-state index in [1.807, 2.05) is 6.92 Å². The topological polar surface area (TPSA) is 20.2 Å². The van der Waals surface area contributed by atoms with Gasteiger partial charge in [-0.2, -0.15) is 0 Å². The molecule has 126 valence electrons. The van der Waals surface area contributed by atoms with Gasteiger partial charge in [0.1, 0.15) is 0 Å². The van der Waals surface area contributed by atoms with Crippen molar-refractivity contribution in [3.05, 3.63) is 12.7 Å². The fraction of sp³-hybridized carbons (Fsp3) is 0.900. The van der Waals surface area contributed by atoms with Gasteiger partial charge in [-0.15, -0.1) is 6.58 Å². The Balaban J connectivity index is 3.08. The predicted molar refractivity (Wildman–Crippen MR) is 95.7 cm³/mol. The molecule has 0 amide bonds. The SMILES string of the molecule is C=CC(C)(O)CCCCCCCCCCCCCCCC. The van der Waals surface area contributed by atoms with Crippen LogP contribution in [0.15, 0.2) is 12.7 Å². The number of hydrogen-bond acceptors (Lipinski definition) is 1. The molecule has 0 aliphatic carbocycles. The molecule has 1 heteroatoms. The second kappa shape index (κ2) is 14.6. The molecule has 1 nitrogen and oxygen atoms in total. The molecule has 1 unspecified atom stereocenters. The lowest BCUT2D eigenvalue weighted by molar-refractivity contribution is 0.0988. The third-order valence-electron chi connectivity index (χ3n) is 4.48. The van der Waals surface area contributed by atoms with Crippen molar-refractivity contribution in [3.8, 4) is 0 Å². The Kier molecular flexibility index (Phi) is 14.4. The molecule has 0 saturated carbocycles. The quantitative estimate of drug-likeness (QED) is 0.245. The zero-order chi connectivity index (χ0) is 15.8. The zero-order valence-electron chi connectivity index (χ0n) is 14.8. The Hall–Kier alpha value is -0.300. The van der Waals surface area contributed by atoms with Crippen molar-refractivity contribution < 1.29 is 5.11 Å². The molecule has 0 aromatic rings. The first-order valence-corrected chi connectivity index (χ1v) is 9.48. The Bertz CT molecular complexity index is 220. The van der Waals surface area contributed by atoms with Gasteiger partial charge in [-0.3, -0.25) is 0 Å². The first kappa shape index (κ1) is 20.7. The highest BCUT2D eigenvalue weighted by Gasteiger charge is 2.13. The van der Waals surface area contributed by atoms with E-state index in [-0.39, 0.29) is 0 Å². The van der Waals surface area contributed by atoms with Gasteiger partial charge >= 0.3 is 0 Å². The van der Waals surface area contributed by atoms with Gasteiger partial charge in [0.25, 0.3) is 0 Å². The average molecular weight is 297 g/mol. The maximum absolute atomic E-state index is 9.80. The summed E-state index contributed by atoms with van der Waals surface area (Å²) >= 11 is 0. The maximum Gasteiger partial charge on any atom is 0.0797 e. The maximum atomic E-state index is 9.80. The zero-order valence-corrected chi connectivity index (χ0v) is 14.8. The Labute approximate surface area is 134 Å². The van der Waals surface area contributed by atoms with Crippen molar-refractivity contribution in [2.24, 2.45) is 0 Å². The molecule has 0 spiro atoms. The number of hydrogen-bond donors (Lipinski definition) is 1. The van der Waals surface area contributed by atoms with Crippen LogP contribution in [0.1, 0.15) is 110 Å². The van der Waals surface area contributed by atoms with Crippen LogP contribution in [0.5, 0.6) is 0 Å². The molecule has 0 bridgehead atoms. The summed E-state index contributed by atoms with van der Waals surface area (Å²) in [5.41, 5.74) is -0.656. The van der Waals surface area contributed by atoms with Crippen molar-refractivity contribution in [3.63, 3.8) is 0 Å². The van der Waals surface area contributed by atoms with Gasteiger partial charge in [-0.1, -0.05) is 103 Å². The van der Waals surface area contributed by atoms with E-state index in [9.17, 15) is 5.11 Å². The highest BCUT2D eigenvalue weighted by molar-refractivity contribution is 4.91. The molecule has 21 heavy (non-hydrogen) atoms. The van der Waals surface area contributed by atoms with Crippen LogP contribution in [0, 0.1) is 0 Å². The van der Waals surface area contributed by atoms with Crippen LogP contribution < -0.4 is 0 Å². The van der Waals surface area contributed by atoms with E-state index in [0.29, 0.717) is 0 Å². The number of unbranched alkanes of at least 4 members (excludes halogenated alkanes) is 13. The lowest BCUT2D eigenvalue weighted by Gasteiger charge is -2.17. The first-order chi connectivity index (χ1) is 10.1. The smallest absolute Gasteiger partial charge is 0.0797 e. The Morgan fingerprint density at radius 3 is 1.38 bits per heavy atom. The van der Waals surface area contributed by atoms with Crippen LogP contribution in [-0.4, -0.2) is 10.7 Å². The highest BCUT2D eigenvalue weighted by atomic mass is 16.3. The average Bonchev–Trinajstić information content (AvgIpc) is 2.47. The van der Waals surface area contributed by atoms with Crippen molar-refractivity contribution in [2.45, 2.75) is 116 Å². The van der Waals surface area contributed by atoms with E-state index < -0.39 is 5.60 Å². The normalized spacial score (nSPS) is 14.0. The van der Waals surface area contributed by atoms with E-state index in [1.165, 1.54) is 83.5 Å². The standard InChI is InChI=1S/C20H40O/c1-4-6-7-8-9-10-11-12-13-14-15-16-17-18-19-20(3,21)5-2/h5,21H,2,4,6-19H2,1,3H3. The molecular formula is C20H40O. The van der Waals surface area contributed by atoms with Gasteiger partial charge in [0.05, 0.1) is 5.60 Å². The van der Waals surface area contributed by atoms with E-state index >= 15 is 0 Å². The molecule has 0 radical (unpaired) electrons. The summed E-state index contributed by atoms with van der Waals surface area (Å²) in [5.74, 6) is 0. The summed E-state index contributed by atoms with van der Waals surface area (Å²) in [4.78, 5) is 0. The van der Waals surface area contributed by atoms with E-state index in [4.69, 9.17) is 0 Å². The molecule has 0 aromatic heterocycles. The molecule has 0 aliphatic rings. The van der Waals surface area contributed by atoms with Gasteiger partial charge in [0, 0.05) is 0 Å². The number of aliphatic hydroxyl groups is 1. The fourth-order valence-corrected chi connectivity index (χ4v) is 2.78. The molecule has 0 saturated heterocycles. The summed E-state index contributed by atoms with van der Waals surface area (Å²) in [6, 6.07) is 0. The summed E-state index contributed by atoms with van der Waals surface area (Å²) in [7, 11) is 0. The minimum atomic E-state index is -0.656. The monoisotopic (exact) mass is 296 g/mol. The molecule has 0 fully saturated rings.